The van der Waals surface area contributed by atoms with Crippen LogP contribution in [0.3, 0.4) is 0 Å². The molecule has 2 aromatic rings. The van der Waals surface area contributed by atoms with Crippen LogP contribution in [-0.2, 0) is 0 Å². The predicted molar refractivity (Wildman–Crippen MR) is 62.3 cm³/mol. The van der Waals surface area contributed by atoms with Crippen LogP contribution in [0, 0.1) is 12.7 Å². The summed E-state index contributed by atoms with van der Waals surface area (Å²) in [6, 6.07) is 4.87. The summed E-state index contributed by atoms with van der Waals surface area (Å²) in [6.45, 7) is 1.87. The maximum atomic E-state index is 13.6. The van der Waals surface area contributed by atoms with E-state index in [1.807, 2.05) is 13.0 Å². The molecule has 88 valence electrons. The van der Waals surface area contributed by atoms with Gasteiger partial charge in [0.1, 0.15) is 5.82 Å². The molecule has 5 heteroatoms. The normalized spacial score (nSPS) is 12.4. The van der Waals surface area contributed by atoms with E-state index < -0.39 is 6.04 Å². The number of hydrazine groups is 1. The van der Waals surface area contributed by atoms with Crippen LogP contribution in [0.4, 0.5) is 4.39 Å². The largest absolute Gasteiger partial charge is 0.271 e. The zero-order valence-electron chi connectivity index (χ0n) is 9.39. The number of nitrogens with zero attached hydrogens (tertiary/aromatic N) is 2. The summed E-state index contributed by atoms with van der Waals surface area (Å²) in [7, 11) is 0. The Labute approximate surface area is 98.7 Å². The van der Waals surface area contributed by atoms with Crippen molar-refractivity contribution in [2.75, 3.05) is 0 Å². The van der Waals surface area contributed by atoms with Gasteiger partial charge in [-0.15, -0.1) is 0 Å². The van der Waals surface area contributed by atoms with Crippen LogP contribution >= 0.6 is 0 Å². The van der Waals surface area contributed by atoms with E-state index in [1.54, 1.807) is 18.3 Å². The number of hydrogen-bond donors (Lipinski definition) is 2. The van der Waals surface area contributed by atoms with Gasteiger partial charge in [-0.3, -0.25) is 15.8 Å². The van der Waals surface area contributed by atoms with Crippen molar-refractivity contribution in [3.8, 4) is 0 Å². The van der Waals surface area contributed by atoms with Gasteiger partial charge >= 0.3 is 0 Å². The lowest BCUT2D eigenvalue weighted by Gasteiger charge is -2.17. The van der Waals surface area contributed by atoms with Crippen LogP contribution in [-0.4, -0.2) is 9.97 Å². The van der Waals surface area contributed by atoms with E-state index in [-0.39, 0.29) is 5.82 Å². The first-order valence-electron chi connectivity index (χ1n) is 5.20. The van der Waals surface area contributed by atoms with E-state index in [1.165, 1.54) is 12.4 Å². The summed E-state index contributed by atoms with van der Waals surface area (Å²) in [6.07, 6.45) is 4.39. The minimum Gasteiger partial charge on any atom is -0.271 e. The molecule has 0 aliphatic heterocycles. The monoisotopic (exact) mass is 232 g/mol. The summed E-state index contributed by atoms with van der Waals surface area (Å²) in [5.41, 5.74) is 4.80. The summed E-state index contributed by atoms with van der Waals surface area (Å²) in [4.78, 5) is 7.81. The molecule has 0 spiro atoms. The third-order valence-electron chi connectivity index (χ3n) is 2.54. The van der Waals surface area contributed by atoms with Gasteiger partial charge in [-0.05, 0) is 30.7 Å². The number of halogens is 1. The molecule has 3 N–H and O–H groups in total. The summed E-state index contributed by atoms with van der Waals surface area (Å²) >= 11 is 0. The fourth-order valence-electron chi connectivity index (χ4n) is 1.73. The summed E-state index contributed by atoms with van der Waals surface area (Å²) < 4.78 is 13.6. The van der Waals surface area contributed by atoms with Gasteiger partial charge in [-0.25, -0.2) is 9.82 Å². The standard InChI is InChI=1S/C12H13FN4/c1-8-6-9(2-5-16-8)12(17-14)10-3-4-15-7-11(10)13/h2-7,12,17H,14H2,1H3. The van der Waals surface area contributed by atoms with Gasteiger partial charge in [0.25, 0.3) is 0 Å². The quantitative estimate of drug-likeness (QED) is 0.621. The zero-order valence-corrected chi connectivity index (χ0v) is 9.39. The Hall–Kier alpha value is -1.85. The number of aryl methyl sites for hydroxylation is 1. The van der Waals surface area contributed by atoms with Crippen LogP contribution in [0.1, 0.15) is 22.9 Å². The second-order valence-electron chi connectivity index (χ2n) is 3.73. The lowest BCUT2D eigenvalue weighted by atomic mass is 10.0. The van der Waals surface area contributed by atoms with Crippen molar-refractivity contribution in [2.45, 2.75) is 13.0 Å². The van der Waals surface area contributed by atoms with Gasteiger partial charge < -0.3 is 0 Å². The third kappa shape index (κ3) is 2.46. The minimum atomic E-state index is -0.403. The lowest BCUT2D eigenvalue weighted by Crippen LogP contribution is -2.29. The number of nitrogens with two attached hydrogens (primary N) is 1. The second-order valence-corrected chi connectivity index (χ2v) is 3.73. The highest BCUT2D eigenvalue weighted by atomic mass is 19.1. The molecule has 1 atom stereocenters. The first kappa shape index (κ1) is 11.6. The van der Waals surface area contributed by atoms with Gasteiger partial charge in [-0.1, -0.05) is 0 Å². The molecule has 0 aromatic carbocycles. The van der Waals surface area contributed by atoms with Crippen molar-refractivity contribution in [1.29, 1.82) is 0 Å². The van der Waals surface area contributed by atoms with Crippen LogP contribution in [0.5, 0.6) is 0 Å². The maximum Gasteiger partial charge on any atom is 0.146 e. The number of hydrogen-bond acceptors (Lipinski definition) is 4. The molecule has 0 bridgehead atoms. The van der Waals surface area contributed by atoms with Crippen molar-refractivity contribution < 1.29 is 4.39 Å². The second kappa shape index (κ2) is 4.99. The molecule has 4 nitrogen and oxygen atoms in total. The Morgan fingerprint density at radius 2 is 2.18 bits per heavy atom. The van der Waals surface area contributed by atoms with Crippen molar-refractivity contribution in [2.24, 2.45) is 5.84 Å². The topological polar surface area (TPSA) is 63.8 Å². The molecule has 2 rings (SSSR count). The third-order valence-corrected chi connectivity index (χ3v) is 2.54. The van der Waals surface area contributed by atoms with Crippen LogP contribution in [0.2, 0.25) is 0 Å². The van der Waals surface area contributed by atoms with Gasteiger partial charge in [0.05, 0.1) is 12.2 Å². The van der Waals surface area contributed by atoms with Gasteiger partial charge in [0.2, 0.25) is 0 Å². The van der Waals surface area contributed by atoms with E-state index >= 15 is 0 Å². The average molecular weight is 232 g/mol. The average Bonchev–Trinajstić information content (AvgIpc) is 2.33. The Kier molecular flexibility index (Phi) is 3.41. The van der Waals surface area contributed by atoms with E-state index in [2.05, 4.69) is 15.4 Å². The molecule has 0 radical (unpaired) electrons. The molecule has 2 heterocycles. The van der Waals surface area contributed by atoms with Crippen molar-refractivity contribution in [1.82, 2.24) is 15.4 Å². The van der Waals surface area contributed by atoms with Crippen molar-refractivity contribution in [3.63, 3.8) is 0 Å². The van der Waals surface area contributed by atoms with Gasteiger partial charge in [-0.2, -0.15) is 0 Å². The van der Waals surface area contributed by atoms with E-state index in [0.717, 1.165) is 11.3 Å². The molecule has 0 amide bonds. The highest BCUT2D eigenvalue weighted by Crippen LogP contribution is 2.22. The van der Waals surface area contributed by atoms with Crippen LogP contribution in [0.25, 0.3) is 0 Å². The predicted octanol–water partition coefficient (Wildman–Crippen LogP) is 1.48. The zero-order chi connectivity index (χ0) is 12.3. The molecular weight excluding hydrogens is 219 g/mol. The Balaban J connectivity index is 2.44. The molecule has 0 saturated heterocycles. The molecule has 17 heavy (non-hydrogen) atoms. The van der Waals surface area contributed by atoms with Crippen LogP contribution in [0.15, 0.2) is 36.8 Å². The number of pyridine rings is 2. The van der Waals surface area contributed by atoms with E-state index in [4.69, 9.17) is 5.84 Å². The Bertz CT molecular complexity index is 515. The molecular formula is C12H13FN4. The number of nitrogens with one attached hydrogen (secondary N) is 1. The number of aromatic nitrogens is 2. The minimum absolute atomic E-state index is 0.384. The van der Waals surface area contributed by atoms with Crippen molar-refractivity contribution >= 4 is 0 Å². The Morgan fingerprint density at radius 3 is 2.82 bits per heavy atom. The number of rotatable bonds is 3. The highest BCUT2D eigenvalue weighted by Gasteiger charge is 2.16. The smallest absolute Gasteiger partial charge is 0.146 e. The molecule has 0 fully saturated rings. The molecule has 2 aromatic heterocycles. The fourth-order valence-corrected chi connectivity index (χ4v) is 1.73. The molecule has 0 aliphatic carbocycles. The first-order chi connectivity index (χ1) is 8.22. The summed E-state index contributed by atoms with van der Waals surface area (Å²) in [5.74, 6) is 5.11. The highest BCUT2D eigenvalue weighted by molar-refractivity contribution is 5.31. The molecule has 0 saturated carbocycles. The van der Waals surface area contributed by atoms with Gasteiger partial charge in [0.15, 0.2) is 0 Å². The Morgan fingerprint density at radius 1 is 1.35 bits per heavy atom. The maximum absolute atomic E-state index is 13.6. The van der Waals surface area contributed by atoms with Crippen LogP contribution < -0.4 is 11.3 Å². The SMILES string of the molecule is Cc1cc(C(NN)c2ccncc2F)ccn1. The van der Waals surface area contributed by atoms with Crippen molar-refractivity contribution in [3.05, 3.63) is 59.4 Å². The van der Waals surface area contributed by atoms with Gasteiger partial charge in [0, 0.05) is 23.7 Å². The lowest BCUT2D eigenvalue weighted by molar-refractivity contribution is 0.555. The van der Waals surface area contributed by atoms with E-state index in [9.17, 15) is 4.39 Å². The summed E-state index contributed by atoms with van der Waals surface area (Å²) in [5, 5.41) is 0. The first-order valence-corrected chi connectivity index (χ1v) is 5.20. The molecule has 0 aliphatic rings. The fraction of sp³-hybridized carbons (Fsp3) is 0.167. The molecule has 1 unspecified atom stereocenters. The van der Waals surface area contributed by atoms with E-state index in [0.29, 0.717) is 5.56 Å².